The van der Waals surface area contributed by atoms with Crippen molar-refractivity contribution in [2.75, 3.05) is 7.05 Å². The number of furan rings is 1. The van der Waals surface area contributed by atoms with Crippen molar-refractivity contribution in [3.8, 4) is 0 Å². The maximum absolute atomic E-state index is 6.28. The van der Waals surface area contributed by atoms with E-state index in [9.17, 15) is 0 Å². The predicted molar refractivity (Wildman–Crippen MR) is 78.0 cm³/mol. The summed E-state index contributed by atoms with van der Waals surface area (Å²) in [6, 6.07) is 1.62. The van der Waals surface area contributed by atoms with Crippen molar-refractivity contribution in [3.05, 3.63) is 32.5 Å². The van der Waals surface area contributed by atoms with Gasteiger partial charge in [0.25, 0.3) is 0 Å². The zero-order chi connectivity index (χ0) is 13.3. The molecule has 2 nitrogen and oxygen atoms in total. The maximum atomic E-state index is 6.28. The van der Waals surface area contributed by atoms with Crippen molar-refractivity contribution in [2.45, 2.75) is 26.3 Å². The van der Waals surface area contributed by atoms with Crippen LogP contribution in [0.3, 0.4) is 0 Å². The van der Waals surface area contributed by atoms with Crippen molar-refractivity contribution in [3.63, 3.8) is 0 Å². The number of halogens is 3. The summed E-state index contributed by atoms with van der Waals surface area (Å²) in [7, 11) is 1.87. The summed E-state index contributed by atoms with van der Waals surface area (Å²) in [6.07, 6.45) is 1.90. The summed E-state index contributed by atoms with van der Waals surface area (Å²) >= 11 is 18.5. The second-order valence-corrected chi connectivity index (χ2v) is 5.33. The van der Waals surface area contributed by atoms with Crippen LogP contribution in [-0.4, -0.2) is 7.05 Å². The Labute approximate surface area is 121 Å². The van der Waals surface area contributed by atoms with Crippen LogP contribution in [0, 0.1) is 0 Å². The first-order valence-corrected chi connectivity index (χ1v) is 6.95. The fourth-order valence-electron chi connectivity index (χ4n) is 2.09. The van der Waals surface area contributed by atoms with Gasteiger partial charge in [0.1, 0.15) is 5.76 Å². The van der Waals surface area contributed by atoms with Crippen LogP contribution in [0.1, 0.15) is 24.7 Å². The quantitative estimate of drug-likeness (QED) is 0.798. The Hall–Kier alpha value is -0.410. The molecule has 0 unspecified atom stereocenters. The second kappa shape index (κ2) is 5.70. The van der Waals surface area contributed by atoms with Crippen LogP contribution in [0.2, 0.25) is 15.1 Å². The molecule has 18 heavy (non-hydrogen) atoms. The molecule has 1 heterocycles. The topological polar surface area (TPSA) is 25.2 Å². The van der Waals surface area contributed by atoms with Crippen molar-refractivity contribution >= 4 is 45.8 Å². The lowest BCUT2D eigenvalue weighted by Crippen LogP contribution is -2.06. The third-order valence-corrected chi connectivity index (χ3v) is 3.90. The number of nitrogens with one attached hydrogen (secondary N) is 1. The van der Waals surface area contributed by atoms with Gasteiger partial charge in [0.15, 0.2) is 5.58 Å². The minimum atomic E-state index is 0.461. The van der Waals surface area contributed by atoms with Crippen LogP contribution >= 0.6 is 34.8 Å². The molecule has 1 aromatic heterocycles. The molecule has 0 saturated carbocycles. The van der Waals surface area contributed by atoms with E-state index in [1.807, 2.05) is 7.05 Å². The van der Waals surface area contributed by atoms with Crippen LogP contribution in [0.25, 0.3) is 11.0 Å². The number of benzene rings is 1. The molecule has 1 N–H and O–H groups in total. The third-order valence-electron chi connectivity index (χ3n) is 2.83. The van der Waals surface area contributed by atoms with E-state index in [1.165, 1.54) is 0 Å². The van der Waals surface area contributed by atoms with Gasteiger partial charge in [0, 0.05) is 10.9 Å². The van der Waals surface area contributed by atoms with Gasteiger partial charge in [-0.05, 0) is 19.5 Å². The highest BCUT2D eigenvalue weighted by molar-refractivity contribution is 6.47. The highest BCUT2D eigenvalue weighted by Gasteiger charge is 2.20. The zero-order valence-electron chi connectivity index (χ0n) is 10.2. The fourth-order valence-corrected chi connectivity index (χ4v) is 2.85. The highest BCUT2D eigenvalue weighted by Crippen LogP contribution is 2.41. The number of fused-ring (bicyclic) bond motifs is 1. The van der Waals surface area contributed by atoms with E-state index in [-0.39, 0.29) is 0 Å². The molecular formula is C13H14Cl3NO. The molecular weight excluding hydrogens is 293 g/mol. The molecule has 0 aliphatic carbocycles. The normalized spacial score (nSPS) is 11.4. The molecule has 1 aromatic carbocycles. The lowest BCUT2D eigenvalue weighted by atomic mass is 10.1. The van der Waals surface area contributed by atoms with Crippen LogP contribution in [0.4, 0.5) is 0 Å². The molecule has 0 atom stereocenters. The molecule has 0 spiro atoms. The van der Waals surface area contributed by atoms with E-state index in [2.05, 4.69) is 12.2 Å². The minimum absolute atomic E-state index is 0.461. The third kappa shape index (κ3) is 2.35. The van der Waals surface area contributed by atoms with Gasteiger partial charge in [-0.1, -0.05) is 48.1 Å². The number of rotatable bonds is 4. The number of hydrogen-bond acceptors (Lipinski definition) is 2. The molecule has 0 bridgehead atoms. The molecule has 0 amide bonds. The Morgan fingerprint density at radius 2 is 1.94 bits per heavy atom. The maximum Gasteiger partial charge on any atom is 0.154 e. The molecule has 98 valence electrons. The summed E-state index contributed by atoms with van der Waals surface area (Å²) in [5.74, 6) is 0.875. The second-order valence-electron chi connectivity index (χ2n) is 4.14. The summed E-state index contributed by atoms with van der Waals surface area (Å²) in [5, 5.41) is 5.41. The Balaban J connectivity index is 2.76. The molecule has 0 fully saturated rings. The largest absolute Gasteiger partial charge is 0.458 e. The molecule has 0 radical (unpaired) electrons. The minimum Gasteiger partial charge on any atom is -0.458 e. The predicted octanol–water partition coefficient (Wildman–Crippen LogP) is 5.06. The van der Waals surface area contributed by atoms with E-state index in [0.29, 0.717) is 27.2 Å². The van der Waals surface area contributed by atoms with E-state index < -0.39 is 0 Å². The highest BCUT2D eigenvalue weighted by atomic mass is 35.5. The van der Waals surface area contributed by atoms with Gasteiger partial charge in [-0.25, -0.2) is 0 Å². The average Bonchev–Trinajstić information content (AvgIpc) is 2.67. The van der Waals surface area contributed by atoms with Crippen molar-refractivity contribution < 1.29 is 4.42 Å². The van der Waals surface area contributed by atoms with Gasteiger partial charge >= 0.3 is 0 Å². The van der Waals surface area contributed by atoms with E-state index in [4.69, 9.17) is 39.2 Å². The van der Waals surface area contributed by atoms with Crippen molar-refractivity contribution in [1.82, 2.24) is 5.32 Å². The van der Waals surface area contributed by atoms with Gasteiger partial charge in [-0.3, -0.25) is 0 Å². The molecule has 0 aliphatic heterocycles. The van der Waals surface area contributed by atoms with Crippen LogP contribution < -0.4 is 5.32 Å². The fraction of sp³-hybridized carbons (Fsp3) is 0.385. The first-order chi connectivity index (χ1) is 8.60. The summed E-state index contributed by atoms with van der Waals surface area (Å²) in [5.41, 5.74) is 1.72. The van der Waals surface area contributed by atoms with E-state index in [0.717, 1.165) is 29.6 Å². The lowest BCUT2D eigenvalue weighted by Gasteiger charge is -2.03. The first kappa shape index (κ1) is 14.0. The molecule has 5 heteroatoms. The van der Waals surface area contributed by atoms with Gasteiger partial charge in [-0.2, -0.15) is 0 Å². The Morgan fingerprint density at radius 1 is 1.22 bits per heavy atom. The van der Waals surface area contributed by atoms with Gasteiger partial charge in [0.2, 0.25) is 0 Å². The van der Waals surface area contributed by atoms with E-state index >= 15 is 0 Å². The molecule has 0 aliphatic rings. The van der Waals surface area contributed by atoms with Crippen LogP contribution in [0.5, 0.6) is 0 Å². The van der Waals surface area contributed by atoms with Gasteiger partial charge in [0.05, 0.1) is 21.6 Å². The van der Waals surface area contributed by atoms with Crippen molar-refractivity contribution in [1.29, 1.82) is 0 Å². The van der Waals surface area contributed by atoms with E-state index in [1.54, 1.807) is 6.07 Å². The smallest absolute Gasteiger partial charge is 0.154 e. The summed E-state index contributed by atoms with van der Waals surface area (Å²) in [6.45, 7) is 2.76. The number of aryl methyl sites for hydroxylation is 1. The Kier molecular flexibility index (Phi) is 4.44. The first-order valence-electron chi connectivity index (χ1n) is 5.82. The standard InChI is InChI=1S/C13H14Cl3NO/c1-3-4-7-10(6-17-2)18-13-9(15)5-8(14)12(16)11(7)13/h5,17H,3-4,6H2,1-2H3. The van der Waals surface area contributed by atoms with Crippen LogP contribution in [-0.2, 0) is 13.0 Å². The molecule has 2 aromatic rings. The van der Waals surface area contributed by atoms with Crippen molar-refractivity contribution in [2.24, 2.45) is 0 Å². The summed E-state index contributed by atoms with van der Waals surface area (Å²) < 4.78 is 5.82. The Bertz CT molecular complexity index is 577. The van der Waals surface area contributed by atoms with Gasteiger partial charge < -0.3 is 9.73 Å². The SMILES string of the molecule is CCCc1c(CNC)oc2c(Cl)cc(Cl)c(Cl)c12. The molecule has 2 rings (SSSR count). The molecule has 0 saturated heterocycles. The summed E-state index contributed by atoms with van der Waals surface area (Å²) in [4.78, 5) is 0. The van der Waals surface area contributed by atoms with Crippen LogP contribution in [0.15, 0.2) is 10.5 Å². The zero-order valence-corrected chi connectivity index (χ0v) is 12.5. The lowest BCUT2D eigenvalue weighted by molar-refractivity contribution is 0.523. The van der Waals surface area contributed by atoms with Gasteiger partial charge in [-0.15, -0.1) is 0 Å². The Morgan fingerprint density at radius 3 is 2.56 bits per heavy atom. The average molecular weight is 307 g/mol. The monoisotopic (exact) mass is 305 g/mol. The number of hydrogen-bond donors (Lipinski definition) is 1.